The van der Waals surface area contributed by atoms with Gasteiger partial charge in [0.1, 0.15) is 5.60 Å². The topological polar surface area (TPSA) is 54.1 Å². The van der Waals surface area contributed by atoms with E-state index in [-0.39, 0.29) is 12.5 Å². The maximum absolute atomic E-state index is 11.5. The second-order valence-electron chi connectivity index (χ2n) is 5.59. The first kappa shape index (κ1) is 13.6. The quantitative estimate of drug-likeness (QED) is 0.831. The Morgan fingerprint density at radius 3 is 2.84 bits per heavy atom. The Bertz CT molecular complexity index is 567. The van der Waals surface area contributed by atoms with Gasteiger partial charge >= 0.3 is 5.97 Å². The molecule has 0 aliphatic heterocycles. The molecule has 0 saturated carbocycles. The van der Waals surface area contributed by atoms with Gasteiger partial charge in [-0.05, 0) is 43.9 Å². The van der Waals surface area contributed by atoms with E-state index < -0.39 is 5.60 Å². The normalized spacial score (nSPS) is 11.7. The van der Waals surface area contributed by atoms with Gasteiger partial charge in [0.25, 0.3) is 0 Å². The third-order valence-corrected chi connectivity index (χ3v) is 2.64. The number of carbonyl (C=O) groups excluding carboxylic acids is 1. The van der Waals surface area contributed by atoms with Gasteiger partial charge in [-0.15, -0.1) is 0 Å². The fourth-order valence-corrected chi connectivity index (χ4v) is 1.89. The van der Waals surface area contributed by atoms with Crippen molar-refractivity contribution >= 4 is 16.9 Å². The third kappa shape index (κ3) is 4.10. The number of esters is 1. The average Bonchev–Trinajstić information content (AvgIpc) is 2.73. The highest BCUT2D eigenvalue weighted by Gasteiger charge is 2.15. The highest BCUT2D eigenvalue weighted by molar-refractivity contribution is 5.79. The molecule has 0 radical (unpaired) electrons. The zero-order chi connectivity index (χ0) is 13.9. The predicted molar refractivity (Wildman–Crippen MR) is 75.9 cm³/mol. The van der Waals surface area contributed by atoms with Crippen LogP contribution in [0.15, 0.2) is 30.5 Å². The lowest BCUT2D eigenvalue weighted by molar-refractivity contribution is -0.153. The number of benzene rings is 1. The molecule has 0 aliphatic carbocycles. The summed E-state index contributed by atoms with van der Waals surface area (Å²) in [5.74, 6) is -0.228. The number of ether oxygens (including phenoxy) is 1. The summed E-state index contributed by atoms with van der Waals surface area (Å²) in [5.41, 5.74) is 1.82. The maximum Gasteiger partial charge on any atom is 0.320 e. The van der Waals surface area contributed by atoms with Crippen molar-refractivity contribution in [3.8, 4) is 0 Å². The van der Waals surface area contributed by atoms with Crippen molar-refractivity contribution < 1.29 is 9.53 Å². The second kappa shape index (κ2) is 5.45. The molecule has 4 heteroatoms. The van der Waals surface area contributed by atoms with Crippen molar-refractivity contribution in [2.75, 3.05) is 6.54 Å². The van der Waals surface area contributed by atoms with Crippen molar-refractivity contribution in [3.05, 3.63) is 36.0 Å². The number of aromatic nitrogens is 1. The minimum atomic E-state index is -0.429. The van der Waals surface area contributed by atoms with E-state index in [0.717, 1.165) is 11.1 Å². The summed E-state index contributed by atoms with van der Waals surface area (Å²) in [6.45, 7) is 6.46. The molecular weight excluding hydrogens is 240 g/mol. The Kier molecular flexibility index (Phi) is 3.90. The smallest absolute Gasteiger partial charge is 0.320 e. The molecule has 0 fully saturated rings. The number of rotatable bonds is 4. The standard InChI is InChI=1S/C15H20N2O2/c1-15(2,3)19-14(18)10-16-9-11-4-5-12-6-7-17-13(12)8-11/h4-8,16-17H,9-10H2,1-3H3. The minimum absolute atomic E-state index is 0.222. The second-order valence-corrected chi connectivity index (χ2v) is 5.59. The fourth-order valence-electron chi connectivity index (χ4n) is 1.89. The monoisotopic (exact) mass is 260 g/mol. The van der Waals surface area contributed by atoms with Crippen LogP contribution in [0, 0.1) is 0 Å². The van der Waals surface area contributed by atoms with Crippen molar-refractivity contribution in [3.63, 3.8) is 0 Å². The summed E-state index contributed by atoms with van der Waals surface area (Å²) >= 11 is 0. The maximum atomic E-state index is 11.5. The number of nitrogens with one attached hydrogen (secondary N) is 2. The Hall–Kier alpha value is -1.81. The van der Waals surface area contributed by atoms with Crippen molar-refractivity contribution in [1.82, 2.24) is 10.3 Å². The number of aromatic amines is 1. The molecule has 0 saturated heterocycles. The van der Waals surface area contributed by atoms with E-state index in [2.05, 4.69) is 28.5 Å². The van der Waals surface area contributed by atoms with Crippen LogP contribution < -0.4 is 5.32 Å². The summed E-state index contributed by atoms with van der Waals surface area (Å²) < 4.78 is 5.23. The average molecular weight is 260 g/mol. The lowest BCUT2D eigenvalue weighted by Gasteiger charge is -2.19. The largest absolute Gasteiger partial charge is 0.459 e. The molecule has 0 atom stereocenters. The van der Waals surface area contributed by atoms with Crippen LogP contribution in [0.1, 0.15) is 26.3 Å². The van der Waals surface area contributed by atoms with Crippen LogP contribution in [0.4, 0.5) is 0 Å². The molecule has 102 valence electrons. The molecule has 2 N–H and O–H groups in total. The molecule has 1 aromatic carbocycles. The van der Waals surface area contributed by atoms with Crippen LogP contribution in [0.25, 0.3) is 10.9 Å². The summed E-state index contributed by atoms with van der Waals surface area (Å²) in [5, 5.41) is 4.28. The SMILES string of the molecule is CC(C)(C)OC(=O)CNCc1ccc2cc[nH]c2c1. The number of H-pyrrole nitrogens is 1. The summed E-state index contributed by atoms with van der Waals surface area (Å²) in [6, 6.07) is 8.24. The lowest BCUT2D eigenvalue weighted by Crippen LogP contribution is -2.31. The van der Waals surface area contributed by atoms with Gasteiger partial charge in [-0.1, -0.05) is 12.1 Å². The van der Waals surface area contributed by atoms with Gasteiger partial charge in [0.15, 0.2) is 0 Å². The molecule has 0 spiro atoms. The molecule has 1 heterocycles. The van der Waals surface area contributed by atoms with E-state index >= 15 is 0 Å². The fraction of sp³-hybridized carbons (Fsp3) is 0.400. The Morgan fingerprint density at radius 2 is 2.11 bits per heavy atom. The van der Waals surface area contributed by atoms with Crippen molar-refractivity contribution in [1.29, 1.82) is 0 Å². The third-order valence-electron chi connectivity index (χ3n) is 2.64. The first-order valence-corrected chi connectivity index (χ1v) is 6.43. The van der Waals surface area contributed by atoms with Gasteiger partial charge in [0.2, 0.25) is 0 Å². The summed E-state index contributed by atoms with van der Waals surface area (Å²) in [4.78, 5) is 14.7. The molecule has 2 rings (SSSR count). The molecule has 0 unspecified atom stereocenters. The van der Waals surface area contributed by atoms with Crippen LogP contribution >= 0.6 is 0 Å². The van der Waals surface area contributed by atoms with Gasteiger partial charge in [0.05, 0.1) is 6.54 Å². The van der Waals surface area contributed by atoms with Crippen LogP contribution in [0.3, 0.4) is 0 Å². The van der Waals surface area contributed by atoms with Crippen molar-refractivity contribution in [2.24, 2.45) is 0 Å². The molecule has 4 nitrogen and oxygen atoms in total. The van der Waals surface area contributed by atoms with Gasteiger partial charge in [-0.25, -0.2) is 0 Å². The van der Waals surface area contributed by atoms with Gasteiger partial charge < -0.3 is 15.0 Å². The van der Waals surface area contributed by atoms with Gasteiger partial charge in [-0.3, -0.25) is 4.79 Å². The van der Waals surface area contributed by atoms with Gasteiger partial charge in [-0.2, -0.15) is 0 Å². The van der Waals surface area contributed by atoms with Gasteiger partial charge in [0, 0.05) is 18.3 Å². The Balaban J connectivity index is 1.83. The molecule has 0 aliphatic rings. The zero-order valence-electron chi connectivity index (χ0n) is 11.6. The molecule has 2 aromatic rings. The van der Waals surface area contributed by atoms with E-state index in [1.807, 2.05) is 33.0 Å². The number of carbonyl (C=O) groups is 1. The predicted octanol–water partition coefficient (Wildman–Crippen LogP) is 2.60. The van der Waals surface area contributed by atoms with Crippen LogP contribution in [0.2, 0.25) is 0 Å². The highest BCUT2D eigenvalue weighted by atomic mass is 16.6. The summed E-state index contributed by atoms with van der Waals surface area (Å²) in [7, 11) is 0. The van der Waals surface area contributed by atoms with Crippen LogP contribution in [0.5, 0.6) is 0 Å². The minimum Gasteiger partial charge on any atom is -0.459 e. The molecule has 19 heavy (non-hydrogen) atoms. The number of fused-ring (bicyclic) bond motifs is 1. The van der Waals surface area contributed by atoms with Crippen molar-refractivity contribution in [2.45, 2.75) is 32.9 Å². The van der Waals surface area contributed by atoms with E-state index in [1.165, 1.54) is 5.39 Å². The molecule has 1 aromatic heterocycles. The van der Waals surface area contributed by atoms with Crippen LogP contribution in [-0.2, 0) is 16.1 Å². The Labute approximate surface area is 113 Å². The lowest BCUT2D eigenvalue weighted by atomic mass is 10.1. The highest BCUT2D eigenvalue weighted by Crippen LogP contribution is 2.14. The number of hydrogen-bond acceptors (Lipinski definition) is 3. The molecule has 0 amide bonds. The number of hydrogen-bond donors (Lipinski definition) is 2. The zero-order valence-corrected chi connectivity index (χ0v) is 11.6. The molecule has 0 bridgehead atoms. The van der Waals surface area contributed by atoms with E-state index in [4.69, 9.17) is 4.74 Å². The first-order chi connectivity index (χ1) is 8.94. The van der Waals surface area contributed by atoms with E-state index in [0.29, 0.717) is 6.54 Å². The first-order valence-electron chi connectivity index (χ1n) is 6.43. The van der Waals surface area contributed by atoms with E-state index in [9.17, 15) is 4.79 Å². The Morgan fingerprint density at radius 1 is 1.32 bits per heavy atom. The van der Waals surface area contributed by atoms with Crippen LogP contribution in [-0.4, -0.2) is 23.1 Å². The molecular formula is C15H20N2O2. The summed E-state index contributed by atoms with van der Waals surface area (Å²) in [6.07, 6.45) is 1.92. The van der Waals surface area contributed by atoms with E-state index in [1.54, 1.807) is 0 Å².